The molecular weight excluding hydrogens is 711 g/mol. The first kappa shape index (κ1) is 32.7. The third-order valence-electron chi connectivity index (χ3n) is 11.8. The van der Waals surface area contributed by atoms with Crippen molar-refractivity contribution in [2.24, 2.45) is 0 Å². The van der Waals surface area contributed by atoms with Crippen LogP contribution >= 0.6 is 0 Å². The molecule has 0 saturated carbocycles. The zero-order valence-electron chi connectivity index (χ0n) is 31.4. The molecule has 3 unspecified atom stereocenters. The molecule has 6 nitrogen and oxygen atoms in total. The summed E-state index contributed by atoms with van der Waals surface area (Å²) in [5.41, 5.74) is 14.8. The van der Waals surface area contributed by atoms with Crippen molar-refractivity contribution in [2.75, 3.05) is 0 Å². The Morgan fingerprint density at radius 2 is 1.16 bits per heavy atom. The van der Waals surface area contributed by atoms with Crippen LogP contribution in [0.15, 0.2) is 205 Å². The molecule has 0 bridgehead atoms. The molecule has 0 amide bonds. The van der Waals surface area contributed by atoms with Crippen molar-refractivity contribution in [3.8, 4) is 39.3 Å². The standard InChI is InChI=1S/C52H35N5O/c1-3-10-37(11-4-1)48-43-22-23-45-49(51(43)58-50(48)38-12-5-2-6-13-38)42-16-7-8-17-44(42)55(45)41-15-9-14-40(32-41)47-33-46(56-52(57(47)56)39-26-30-54-31-27-39)36-20-18-34(19-21-36)35-24-28-53-29-25-35/h1-33,47,52H. The first-order valence-corrected chi connectivity index (χ1v) is 19.7. The first-order chi connectivity index (χ1) is 28.8. The second-order valence-corrected chi connectivity index (χ2v) is 15.0. The Morgan fingerprint density at radius 3 is 1.93 bits per heavy atom. The number of nitrogens with zero attached hydrogens (tertiary/aromatic N) is 5. The van der Waals surface area contributed by atoms with Crippen LogP contribution in [-0.4, -0.2) is 24.6 Å². The Labute approximate surface area is 335 Å². The van der Waals surface area contributed by atoms with Gasteiger partial charge in [0.15, 0.2) is 0 Å². The van der Waals surface area contributed by atoms with Crippen LogP contribution in [0.5, 0.6) is 0 Å². The fourth-order valence-corrected chi connectivity index (χ4v) is 9.13. The Bertz CT molecular complexity index is 3170. The van der Waals surface area contributed by atoms with Crippen molar-refractivity contribution in [1.82, 2.24) is 24.6 Å². The van der Waals surface area contributed by atoms with Crippen LogP contribution in [0.2, 0.25) is 0 Å². The van der Waals surface area contributed by atoms with Crippen LogP contribution in [0, 0.1) is 0 Å². The van der Waals surface area contributed by atoms with Crippen molar-refractivity contribution in [3.05, 3.63) is 217 Å². The quantitative estimate of drug-likeness (QED) is 0.152. The molecule has 58 heavy (non-hydrogen) atoms. The normalized spacial score (nSPS) is 17.2. The van der Waals surface area contributed by atoms with Crippen molar-refractivity contribution in [2.45, 2.75) is 12.2 Å². The van der Waals surface area contributed by atoms with Crippen LogP contribution in [0.25, 0.3) is 77.7 Å². The molecule has 0 radical (unpaired) electrons. The molecule has 274 valence electrons. The number of benzene rings is 6. The summed E-state index contributed by atoms with van der Waals surface area (Å²) in [5, 5.41) is 8.29. The maximum atomic E-state index is 7.03. The summed E-state index contributed by atoms with van der Waals surface area (Å²) in [6.07, 6.45) is 9.99. The molecule has 0 spiro atoms. The fourth-order valence-electron chi connectivity index (χ4n) is 9.13. The molecule has 6 aromatic carbocycles. The highest BCUT2D eigenvalue weighted by Crippen LogP contribution is 2.58. The molecule has 0 N–H and O–H groups in total. The van der Waals surface area contributed by atoms with Crippen LogP contribution in [0.4, 0.5) is 0 Å². The van der Waals surface area contributed by atoms with Gasteiger partial charge in [-0.25, -0.2) is 0 Å². The third-order valence-corrected chi connectivity index (χ3v) is 11.8. The summed E-state index contributed by atoms with van der Waals surface area (Å²) in [5.74, 6) is 0.885. The topological polar surface area (TPSA) is 49.9 Å². The van der Waals surface area contributed by atoms with E-state index < -0.39 is 0 Å². The monoisotopic (exact) mass is 745 g/mol. The molecule has 10 aromatic rings. The van der Waals surface area contributed by atoms with Crippen molar-refractivity contribution in [3.63, 3.8) is 0 Å². The first-order valence-electron chi connectivity index (χ1n) is 19.7. The van der Waals surface area contributed by atoms with Gasteiger partial charge in [-0.05, 0) is 94.1 Å². The summed E-state index contributed by atoms with van der Waals surface area (Å²) in [4.78, 5) is 8.52. The second-order valence-electron chi connectivity index (χ2n) is 15.0. The maximum Gasteiger partial charge on any atom is 0.145 e. The Hall–Kier alpha value is -7.54. The van der Waals surface area contributed by atoms with Crippen LogP contribution in [0.1, 0.15) is 28.9 Å². The van der Waals surface area contributed by atoms with Crippen molar-refractivity contribution in [1.29, 1.82) is 0 Å². The van der Waals surface area contributed by atoms with Gasteiger partial charge in [-0.3, -0.25) is 15.0 Å². The van der Waals surface area contributed by atoms with E-state index in [0.29, 0.717) is 0 Å². The van der Waals surface area contributed by atoms with Gasteiger partial charge in [0.2, 0.25) is 0 Å². The second kappa shape index (κ2) is 13.0. The largest absolute Gasteiger partial charge is 0.455 e. The van der Waals surface area contributed by atoms with Gasteiger partial charge in [0.25, 0.3) is 0 Å². The van der Waals surface area contributed by atoms with Gasteiger partial charge in [0, 0.05) is 52.4 Å². The van der Waals surface area contributed by atoms with E-state index in [2.05, 4.69) is 200 Å². The summed E-state index contributed by atoms with van der Waals surface area (Å²) in [6.45, 7) is 0. The average molecular weight is 746 g/mol. The summed E-state index contributed by atoms with van der Waals surface area (Å²) < 4.78 is 9.44. The minimum atomic E-state index is 0.0414. The van der Waals surface area contributed by atoms with Gasteiger partial charge in [0.1, 0.15) is 17.5 Å². The Morgan fingerprint density at radius 1 is 0.483 bits per heavy atom. The summed E-state index contributed by atoms with van der Waals surface area (Å²) in [7, 11) is 0. The van der Waals surface area contributed by atoms with Crippen LogP contribution < -0.4 is 0 Å². The number of aromatic nitrogens is 3. The zero-order valence-corrected chi connectivity index (χ0v) is 31.4. The van der Waals surface area contributed by atoms with Gasteiger partial charge in [-0.15, -0.1) is 0 Å². The van der Waals surface area contributed by atoms with E-state index in [1.807, 2.05) is 24.8 Å². The predicted octanol–water partition coefficient (Wildman–Crippen LogP) is 12.6. The number of para-hydroxylation sites is 1. The van der Waals surface area contributed by atoms with Gasteiger partial charge in [0.05, 0.1) is 28.2 Å². The third kappa shape index (κ3) is 5.09. The van der Waals surface area contributed by atoms with Gasteiger partial charge < -0.3 is 8.98 Å². The predicted molar refractivity (Wildman–Crippen MR) is 232 cm³/mol. The number of hydrazine groups is 1. The molecular formula is C52H35N5O. The average Bonchev–Trinajstić information content (AvgIpc) is 3.54. The van der Waals surface area contributed by atoms with E-state index in [-0.39, 0.29) is 12.2 Å². The highest BCUT2D eigenvalue weighted by Gasteiger charge is 2.56. The van der Waals surface area contributed by atoms with E-state index in [4.69, 9.17) is 4.42 Å². The van der Waals surface area contributed by atoms with Crippen LogP contribution in [0.3, 0.4) is 0 Å². The molecule has 2 aliphatic heterocycles. The maximum absolute atomic E-state index is 7.03. The number of hydrogen-bond donors (Lipinski definition) is 0. The van der Waals surface area contributed by atoms with E-state index in [1.165, 1.54) is 28.0 Å². The molecule has 6 heterocycles. The summed E-state index contributed by atoms with van der Waals surface area (Å²) in [6, 6.07) is 60.6. The van der Waals surface area contributed by atoms with E-state index in [1.54, 1.807) is 0 Å². The lowest BCUT2D eigenvalue weighted by Crippen LogP contribution is -2.07. The number of hydrogen-bond acceptors (Lipinski definition) is 5. The Kier molecular flexibility index (Phi) is 7.33. The number of pyridine rings is 2. The molecule has 6 heteroatoms. The highest BCUT2D eigenvalue weighted by molar-refractivity contribution is 6.22. The lowest BCUT2D eigenvalue weighted by Gasteiger charge is -2.15. The molecule has 2 aliphatic rings. The number of rotatable bonds is 7. The van der Waals surface area contributed by atoms with E-state index in [0.717, 1.165) is 66.5 Å². The van der Waals surface area contributed by atoms with Crippen LogP contribution in [-0.2, 0) is 0 Å². The highest BCUT2D eigenvalue weighted by atomic mass is 16.3. The van der Waals surface area contributed by atoms with Crippen molar-refractivity contribution < 1.29 is 4.42 Å². The summed E-state index contributed by atoms with van der Waals surface area (Å²) >= 11 is 0. The van der Waals surface area contributed by atoms with E-state index >= 15 is 0 Å². The molecule has 1 fully saturated rings. The number of furan rings is 1. The molecule has 4 aromatic heterocycles. The Balaban J connectivity index is 1.00. The molecule has 12 rings (SSSR count). The fraction of sp³-hybridized carbons (Fsp3) is 0.0385. The van der Waals surface area contributed by atoms with E-state index in [9.17, 15) is 0 Å². The van der Waals surface area contributed by atoms with Crippen molar-refractivity contribution >= 4 is 38.5 Å². The molecule has 3 atom stereocenters. The lowest BCUT2D eigenvalue weighted by molar-refractivity contribution is 0.365. The molecule has 0 aliphatic carbocycles. The lowest BCUT2D eigenvalue weighted by atomic mass is 9.98. The smallest absolute Gasteiger partial charge is 0.145 e. The SMILES string of the molecule is C1=C(c2ccc(-c3ccncc3)cc2)N2C(c3ccncc3)N2C1c1cccc(-n2c3ccccc3c3c4oc(-c5ccccc5)c(-c5ccccc5)c4ccc32)c1. The zero-order chi connectivity index (χ0) is 38.2. The molecule has 1 saturated heterocycles. The minimum absolute atomic E-state index is 0.0414. The van der Waals surface area contributed by atoms with Gasteiger partial charge >= 0.3 is 0 Å². The van der Waals surface area contributed by atoms with Gasteiger partial charge in [-0.2, -0.15) is 5.01 Å². The van der Waals surface area contributed by atoms with Gasteiger partial charge in [-0.1, -0.05) is 115 Å². The number of fused-ring (bicyclic) bond motifs is 6. The minimum Gasteiger partial charge on any atom is -0.455 e.